The van der Waals surface area contributed by atoms with E-state index in [-0.39, 0.29) is 5.69 Å². The molecule has 5 heteroatoms. The van der Waals surface area contributed by atoms with Crippen LogP contribution in [-0.4, -0.2) is 11.5 Å². The van der Waals surface area contributed by atoms with Gasteiger partial charge in [0.05, 0.1) is 11.5 Å². The zero-order chi connectivity index (χ0) is 14.4. The fourth-order valence-corrected chi connectivity index (χ4v) is 1.85. The van der Waals surface area contributed by atoms with E-state index < -0.39 is 4.92 Å². The van der Waals surface area contributed by atoms with Gasteiger partial charge in [-0.3, -0.25) is 10.1 Å². The topological polar surface area (TPSA) is 64.4 Å². The molecule has 0 aliphatic heterocycles. The van der Waals surface area contributed by atoms with Gasteiger partial charge in [-0.25, -0.2) is 0 Å². The van der Waals surface area contributed by atoms with Crippen LogP contribution in [-0.2, 0) is 6.54 Å². The fourth-order valence-electron chi connectivity index (χ4n) is 1.85. The minimum atomic E-state index is -0.402. The summed E-state index contributed by atoms with van der Waals surface area (Å²) in [4.78, 5) is 10.3. The number of non-ortho nitro benzene ring substituents is 1. The molecule has 0 aromatic heterocycles. The van der Waals surface area contributed by atoms with Crippen LogP contribution < -0.4 is 10.1 Å². The van der Waals surface area contributed by atoms with E-state index in [2.05, 4.69) is 5.32 Å². The Morgan fingerprint density at radius 3 is 2.75 bits per heavy atom. The molecule has 0 atom stereocenters. The van der Waals surface area contributed by atoms with Crippen LogP contribution in [0.1, 0.15) is 12.5 Å². The SMILES string of the molecule is CCOc1cccc(CNc2cccc([N+](=O)[O-])c2)c1. The lowest BCUT2D eigenvalue weighted by atomic mass is 10.2. The molecular formula is C15H16N2O3. The highest BCUT2D eigenvalue weighted by atomic mass is 16.6. The van der Waals surface area contributed by atoms with Crippen molar-refractivity contribution in [2.24, 2.45) is 0 Å². The molecule has 0 spiro atoms. The molecule has 2 aromatic rings. The monoisotopic (exact) mass is 272 g/mol. The first-order valence-electron chi connectivity index (χ1n) is 6.39. The molecule has 2 rings (SSSR count). The number of hydrogen-bond donors (Lipinski definition) is 1. The van der Waals surface area contributed by atoms with Gasteiger partial charge < -0.3 is 10.1 Å². The van der Waals surface area contributed by atoms with Gasteiger partial charge in [-0.05, 0) is 30.7 Å². The quantitative estimate of drug-likeness (QED) is 0.644. The van der Waals surface area contributed by atoms with Gasteiger partial charge in [-0.15, -0.1) is 0 Å². The molecule has 0 saturated carbocycles. The molecule has 1 N–H and O–H groups in total. The highest BCUT2D eigenvalue weighted by Gasteiger charge is 2.05. The summed E-state index contributed by atoms with van der Waals surface area (Å²) >= 11 is 0. The highest BCUT2D eigenvalue weighted by molar-refractivity contribution is 5.51. The molecule has 20 heavy (non-hydrogen) atoms. The Kier molecular flexibility index (Phi) is 4.55. The van der Waals surface area contributed by atoms with E-state index in [1.165, 1.54) is 12.1 Å². The number of ether oxygens (including phenoxy) is 1. The van der Waals surface area contributed by atoms with Gasteiger partial charge in [0, 0.05) is 24.4 Å². The normalized spacial score (nSPS) is 10.1. The van der Waals surface area contributed by atoms with Crippen molar-refractivity contribution in [1.82, 2.24) is 0 Å². The van der Waals surface area contributed by atoms with Gasteiger partial charge in [-0.1, -0.05) is 18.2 Å². The van der Waals surface area contributed by atoms with E-state index in [1.807, 2.05) is 31.2 Å². The lowest BCUT2D eigenvalue weighted by Crippen LogP contribution is -2.00. The summed E-state index contributed by atoms with van der Waals surface area (Å²) in [6.07, 6.45) is 0. The molecule has 0 heterocycles. The molecule has 0 aliphatic rings. The molecule has 0 radical (unpaired) electrons. The molecular weight excluding hydrogens is 256 g/mol. The number of hydrogen-bond acceptors (Lipinski definition) is 4. The Hall–Kier alpha value is -2.56. The summed E-state index contributed by atoms with van der Waals surface area (Å²) in [5, 5.41) is 13.9. The molecule has 0 saturated heterocycles. The van der Waals surface area contributed by atoms with Gasteiger partial charge in [0.2, 0.25) is 0 Å². The van der Waals surface area contributed by atoms with Gasteiger partial charge in [0.15, 0.2) is 0 Å². The van der Waals surface area contributed by atoms with E-state index in [0.29, 0.717) is 13.2 Å². The first-order valence-corrected chi connectivity index (χ1v) is 6.39. The maximum absolute atomic E-state index is 10.7. The van der Waals surface area contributed by atoms with Crippen LogP contribution in [0.5, 0.6) is 5.75 Å². The highest BCUT2D eigenvalue weighted by Crippen LogP contribution is 2.19. The first kappa shape index (κ1) is 13.9. The van der Waals surface area contributed by atoms with E-state index in [9.17, 15) is 10.1 Å². The maximum atomic E-state index is 10.7. The molecule has 0 unspecified atom stereocenters. The Morgan fingerprint density at radius 1 is 1.20 bits per heavy atom. The van der Waals surface area contributed by atoms with Crippen molar-refractivity contribution in [1.29, 1.82) is 0 Å². The predicted octanol–water partition coefficient (Wildman–Crippen LogP) is 3.61. The number of benzene rings is 2. The number of nitrogens with zero attached hydrogens (tertiary/aromatic N) is 1. The number of nitrogens with one attached hydrogen (secondary N) is 1. The van der Waals surface area contributed by atoms with Crippen LogP contribution in [0.2, 0.25) is 0 Å². The van der Waals surface area contributed by atoms with Crippen molar-refractivity contribution in [3.8, 4) is 5.75 Å². The zero-order valence-electron chi connectivity index (χ0n) is 11.2. The Morgan fingerprint density at radius 2 is 2.00 bits per heavy atom. The average Bonchev–Trinajstić information content (AvgIpc) is 2.46. The second-order valence-electron chi connectivity index (χ2n) is 4.24. The van der Waals surface area contributed by atoms with Crippen molar-refractivity contribution in [3.63, 3.8) is 0 Å². The Balaban J connectivity index is 2.03. The predicted molar refractivity (Wildman–Crippen MR) is 78.0 cm³/mol. The molecule has 104 valence electrons. The minimum absolute atomic E-state index is 0.0815. The van der Waals surface area contributed by atoms with Crippen molar-refractivity contribution in [2.75, 3.05) is 11.9 Å². The zero-order valence-corrected chi connectivity index (χ0v) is 11.2. The van der Waals surface area contributed by atoms with Gasteiger partial charge in [0.1, 0.15) is 5.75 Å². The van der Waals surface area contributed by atoms with E-state index >= 15 is 0 Å². The standard InChI is InChI=1S/C15H16N2O3/c1-2-20-15-8-3-5-12(9-15)11-16-13-6-4-7-14(10-13)17(18)19/h3-10,16H,2,11H2,1H3. The second kappa shape index (κ2) is 6.56. The Bertz CT molecular complexity index is 599. The fraction of sp³-hybridized carbons (Fsp3) is 0.200. The van der Waals surface area contributed by atoms with Crippen LogP contribution in [0.25, 0.3) is 0 Å². The lowest BCUT2D eigenvalue weighted by Gasteiger charge is -2.08. The van der Waals surface area contributed by atoms with Crippen molar-refractivity contribution >= 4 is 11.4 Å². The van der Waals surface area contributed by atoms with Gasteiger partial charge >= 0.3 is 0 Å². The van der Waals surface area contributed by atoms with Crippen molar-refractivity contribution < 1.29 is 9.66 Å². The van der Waals surface area contributed by atoms with Crippen LogP contribution in [0.15, 0.2) is 48.5 Å². The third-order valence-electron chi connectivity index (χ3n) is 2.76. The molecule has 5 nitrogen and oxygen atoms in total. The van der Waals surface area contributed by atoms with E-state index in [0.717, 1.165) is 17.0 Å². The number of rotatable bonds is 6. The average molecular weight is 272 g/mol. The summed E-state index contributed by atoms with van der Waals surface area (Å²) in [6, 6.07) is 14.2. The number of nitro benzene ring substituents is 1. The minimum Gasteiger partial charge on any atom is -0.494 e. The largest absolute Gasteiger partial charge is 0.494 e. The number of nitro groups is 1. The van der Waals surface area contributed by atoms with Gasteiger partial charge in [0.25, 0.3) is 5.69 Å². The van der Waals surface area contributed by atoms with Crippen LogP contribution in [0.3, 0.4) is 0 Å². The smallest absolute Gasteiger partial charge is 0.271 e. The van der Waals surface area contributed by atoms with E-state index in [4.69, 9.17) is 4.74 Å². The summed E-state index contributed by atoms with van der Waals surface area (Å²) in [7, 11) is 0. The van der Waals surface area contributed by atoms with Gasteiger partial charge in [-0.2, -0.15) is 0 Å². The molecule has 0 aliphatic carbocycles. The molecule has 0 amide bonds. The summed E-state index contributed by atoms with van der Waals surface area (Å²) in [5.41, 5.74) is 1.86. The van der Waals surface area contributed by atoms with Crippen LogP contribution in [0.4, 0.5) is 11.4 Å². The summed E-state index contributed by atoms with van der Waals surface area (Å²) < 4.78 is 5.43. The summed E-state index contributed by atoms with van der Waals surface area (Å²) in [5.74, 6) is 0.825. The van der Waals surface area contributed by atoms with Crippen LogP contribution >= 0.6 is 0 Å². The van der Waals surface area contributed by atoms with Crippen molar-refractivity contribution in [2.45, 2.75) is 13.5 Å². The van der Waals surface area contributed by atoms with E-state index in [1.54, 1.807) is 12.1 Å². The summed E-state index contributed by atoms with van der Waals surface area (Å²) in [6.45, 7) is 3.15. The molecule has 0 bridgehead atoms. The third-order valence-corrected chi connectivity index (χ3v) is 2.76. The molecule has 2 aromatic carbocycles. The third kappa shape index (κ3) is 3.71. The first-order chi connectivity index (χ1) is 9.69. The number of anilines is 1. The maximum Gasteiger partial charge on any atom is 0.271 e. The lowest BCUT2D eigenvalue weighted by molar-refractivity contribution is -0.384. The van der Waals surface area contributed by atoms with Crippen LogP contribution in [0, 0.1) is 10.1 Å². The Labute approximate surface area is 117 Å². The second-order valence-corrected chi connectivity index (χ2v) is 4.24. The van der Waals surface area contributed by atoms with Crippen molar-refractivity contribution in [3.05, 3.63) is 64.2 Å². The molecule has 0 fully saturated rings.